The van der Waals surface area contributed by atoms with Crippen LogP contribution in [0, 0.1) is 10.1 Å². The average molecular weight is 313 g/mol. The summed E-state index contributed by atoms with van der Waals surface area (Å²) in [6.45, 7) is 3.69. The van der Waals surface area contributed by atoms with Crippen LogP contribution in [0.15, 0.2) is 12.3 Å². The highest BCUT2D eigenvalue weighted by Crippen LogP contribution is 2.18. The minimum absolute atomic E-state index is 0.0300. The first-order valence-corrected chi connectivity index (χ1v) is 7.26. The fourth-order valence-electron chi connectivity index (χ4n) is 2.30. The van der Waals surface area contributed by atoms with Crippen molar-refractivity contribution in [2.75, 3.05) is 26.2 Å². The number of hydrogen-bond acceptors (Lipinski definition) is 5. The molecule has 0 aliphatic carbocycles. The molecule has 1 aromatic heterocycles. The van der Waals surface area contributed by atoms with Crippen LogP contribution in [-0.4, -0.2) is 46.9 Å². The lowest BCUT2D eigenvalue weighted by Gasteiger charge is -2.14. The zero-order valence-corrected chi connectivity index (χ0v) is 12.3. The van der Waals surface area contributed by atoms with Crippen LogP contribution in [0.3, 0.4) is 0 Å². The number of halogens is 1. The van der Waals surface area contributed by atoms with E-state index in [4.69, 9.17) is 11.6 Å². The highest BCUT2D eigenvalue weighted by Gasteiger charge is 2.17. The van der Waals surface area contributed by atoms with Gasteiger partial charge in [-0.05, 0) is 38.9 Å². The highest BCUT2D eigenvalue weighted by molar-refractivity contribution is 6.32. The van der Waals surface area contributed by atoms with E-state index in [0.29, 0.717) is 6.54 Å². The maximum Gasteiger partial charge on any atom is 0.288 e. The van der Waals surface area contributed by atoms with Gasteiger partial charge in [-0.15, -0.1) is 0 Å². The van der Waals surface area contributed by atoms with E-state index in [-0.39, 0.29) is 16.4 Å². The first kappa shape index (κ1) is 15.7. The van der Waals surface area contributed by atoms with Crippen molar-refractivity contribution in [1.29, 1.82) is 0 Å². The van der Waals surface area contributed by atoms with Crippen LogP contribution in [0.25, 0.3) is 0 Å². The number of nitro groups is 1. The molecule has 1 amide bonds. The maximum atomic E-state index is 12.0. The maximum absolute atomic E-state index is 12.0. The first-order valence-electron chi connectivity index (χ1n) is 6.88. The average Bonchev–Trinajstić information content (AvgIpc) is 2.96. The van der Waals surface area contributed by atoms with Gasteiger partial charge in [0.25, 0.3) is 11.6 Å². The lowest BCUT2D eigenvalue weighted by atomic mass is 10.2. The van der Waals surface area contributed by atoms with Crippen LogP contribution in [0.5, 0.6) is 0 Å². The molecule has 0 radical (unpaired) electrons. The molecule has 0 atom stereocenters. The molecule has 1 aliphatic rings. The molecular formula is C13H17ClN4O3. The van der Waals surface area contributed by atoms with Crippen LogP contribution >= 0.6 is 11.6 Å². The quantitative estimate of drug-likeness (QED) is 0.375. The molecule has 0 aromatic carbocycles. The summed E-state index contributed by atoms with van der Waals surface area (Å²) in [5.41, 5.74) is -0.214. The van der Waals surface area contributed by atoms with Crippen LogP contribution in [0.1, 0.15) is 29.6 Å². The molecule has 1 aromatic rings. The third kappa shape index (κ3) is 4.37. The number of aromatic nitrogens is 1. The van der Waals surface area contributed by atoms with Crippen LogP contribution in [0.2, 0.25) is 5.15 Å². The Kier molecular flexibility index (Phi) is 5.46. The molecule has 114 valence electrons. The van der Waals surface area contributed by atoms with Crippen LogP contribution < -0.4 is 5.32 Å². The summed E-state index contributed by atoms with van der Waals surface area (Å²) in [4.78, 5) is 28.1. The highest BCUT2D eigenvalue weighted by atomic mass is 35.5. The molecule has 1 fully saturated rings. The standard InChI is InChI=1S/C13H17ClN4O3/c14-12-11(8-10(9-16-12)18(20)21)13(19)15-4-3-7-17-5-1-2-6-17/h8-9H,1-7H2,(H,15,19). The van der Waals surface area contributed by atoms with Gasteiger partial charge in [0.15, 0.2) is 0 Å². The number of carbonyl (C=O) groups is 1. The van der Waals surface area contributed by atoms with E-state index in [9.17, 15) is 14.9 Å². The monoisotopic (exact) mass is 312 g/mol. The van der Waals surface area contributed by atoms with Gasteiger partial charge in [-0.25, -0.2) is 4.98 Å². The van der Waals surface area contributed by atoms with Gasteiger partial charge in [0.2, 0.25) is 0 Å². The molecule has 0 saturated carbocycles. The third-order valence-corrected chi connectivity index (χ3v) is 3.72. The van der Waals surface area contributed by atoms with Crippen molar-refractivity contribution >= 4 is 23.2 Å². The minimum atomic E-state index is -0.604. The van der Waals surface area contributed by atoms with E-state index < -0.39 is 10.8 Å². The normalized spacial score (nSPS) is 15.1. The summed E-state index contributed by atoms with van der Waals surface area (Å²) >= 11 is 5.81. The topological polar surface area (TPSA) is 88.4 Å². The molecule has 1 N–H and O–H groups in total. The van der Waals surface area contributed by atoms with Gasteiger partial charge in [0.1, 0.15) is 11.3 Å². The van der Waals surface area contributed by atoms with Crippen molar-refractivity contribution in [3.05, 3.63) is 33.1 Å². The number of nitrogens with one attached hydrogen (secondary N) is 1. The Morgan fingerprint density at radius 1 is 1.48 bits per heavy atom. The second kappa shape index (κ2) is 7.33. The summed E-state index contributed by atoms with van der Waals surface area (Å²) in [6.07, 6.45) is 4.35. The molecule has 8 heteroatoms. The molecule has 1 saturated heterocycles. The smallest absolute Gasteiger partial charge is 0.288 e. The molecule has 0 bridgehead atoms. The van der Waals surface area contributed by atoms with Crippen molar-refractivity contribution < 1.29 is 9.72 Å². The largest absolute Gasteiger partial charge is 0.352 e. The van der Waals surface area contributed by atoms with E-state index in [1.54, 1.807) is 0 Å². The second-order valence-electron chi connectivity index (χ2n) is 4.95. The fraction of sp³-hybridized carbons (Fsp3) is 0.538. The molecule has 0 unspecified atom stereocenters. The Hall–Kier alpha value is -1.73. The number of rotatable bonds is 6. The van der Waals surface area contributed by atoms with Crippen molar-refractivity contribution in [1.82, 2.24) is 15.2 Å². The molecule has 21 heavy (non-hydrogen) atoms. The van der Waals surface area contributed by atoms with Gasteiger partial charge < -0.3 is 10.2 Å². The van der Waals surface area contributed by atoms with Gasteiger partial charge >= 0.3 is 0 Å². The third-order valence-electron chi connectivity index (χ3n) is 3.42. The summed E-state index contributed by atoms with van der Waals surface area (Å²) in [7, 11) is 0. The minimum Gasteiger partial charge on any atom is -0.352 e. The Balaban J connectivity index is 1.84. The van der Waals surface area contributed by atoms with Gasteiger partial charge in [-0.2, -0.15) is 0 Å². The lowest BCUT2D eigenvalue weighted by Crippen LogP contribution is -2.29. The number of hydrogen-bond donors (Lipinski definition) is 1. The zero-order chi connectivity index (χ0) is 15.2. The second-order valence-corrected chi connectivity index (χ2v) is 5.31. The predicted molar refractivity (Wildman–Crippen MR) is 78.5 cm³/mol. The van der Waals surface area contributed by atoms with Gasteiger partial charge in [-0.1, -0.05) is 11.6 Å². The zero-order valence-electron chi connectivity index (χ0n) is 11.5. The van der Waals surface area contributed by atoms with Crippen molar-refractivity contribution in [2.45, 2.75) is 19.3 Å². The van der Waals surface area contributed by atoms with Gasteiger partial charge in [0, 0.05) is 12.6 Å². The van der Waals surface area contributed by atoms with Gasteiger partial charge in [-0.3, -0.25) is 14.9 Å². The summed E-state index contributed by atoms with van der Waals surface area (Å²) < 4.78 is 0. The number of carbonyl (C=O) groups excluding carboxylic acids is 1. The Labute approximate surface area is 127 Å². The SMILES string of the molecule is O=C(NCCCN1CCCC1)c1cc([N+](=O)[O-])cnc1Cl. The van der Waals surface area contributed by atoms with Crippen LogP contribution in [0.4, 0.5) is 5.69 Å². The molecule has 7 nitrogen and oxygen atoms in total. The first-order chi connectivity index (χ1) is 10.1. The molecule has 2 rings (SSSR count). The Morgan fingerprint density at radius 2 is 2.19 bits per heavy atom. The van der Waals surface area contributed by atoms with E-state index in [1.807, 2.05) is 0 Å². The lowest BCUT2D eigenvalue weighted by molar-refractivity contribution is -0.385. The van der Waals surface area contributed by atoms with E-state index in [1.165, 1.54) is 12.8 Å². The van der Waals surface area contributed by atoms with Crippen molar-refractivity contribution in [2.24, 2.45) is 0 Å². The molecule has 2 heterocycles. The fourth-order valence-corrected chi connectivity index (χ4v) is 2.49. The molecule has 1 aliphatic heterocycles. The number of pyridine rings is 1. The summed E-state index contributed by atoms with van der Waals surface area (Å²) in [5.74, 6) is -0.433. The van der Waals surface area contributed by atoms with Gasteiger partial charge in [0.05, 0.1) is 10.5 Å². The predicted octanol–water partition coefficient (Wildman–Crippen LogP) is 1.86. The van der Waals surface area contributed by atoms with Crippen molar-refractivity contribution in [3.8, 4) is 0 Å². The Morgan fingerprint density at radius 3 is 2.86 bits per heavy atom. The Bertz CT molecular complexity index is 532. The van der Waals surface area contributed by atoms with Crippen molar-refractivity contribution in [3.63, 3.8) is 0 Å². The summed E-state index contributed by atoms with van der Waals surface area (Å²) in [6, 6.07) is 1.14. The summed E-state index contributed by atoms with van der Waals surface area (Å²) in [5, 5.41) is 13.4. The van der Waals surface area contributed by atoms with E-state index in [0.717, 1.165) is 38.3 Å². The number of likely N-dealkylation sites (tertiary alicyclic amines) is 1. The van der Waals surface area contributed by atoms with E-state index in [2.05, 4.69) is 15.2 Å². The molecule has 0 spiro atoms. The molecular weight excluding hydrogens is 296 g/mol. The number of nitrogens with zero attached hydrogens (tertiary/aromatic N) is 3. The number of amides is 1. The van der Waals surface area contributed by atoms with Crippen LogP contribution in [-0.2, 0) is 0 Å². The van der Waals surface area contributed by atoms with E-state index >= 15 is 0 Å².